The van der Waals surface area contributed by atoms with Gasteiger partial charge in [-0.2, -0.15) is 0 Å². The van der Waals surface area contributed by atoms with Crippen molar-refractivity contribution >= 4 is 22.8 Å². The van der Waals surface area contributed by atoms with Crippen LogP contribution >= 0.6 is 0 Å². The topological polar surface area (TPSA) is 63.5 Å². The number of para-hydroxylation sites is 1. The molecule has 7 nitrogen and oxygen atoms in total. The summed E-state index contributed by atoms with van der Waals surface area (Å²) in [6, 6.07) is 8.66. The van der Waals surface area contributed by atoms with Crippen molar-refractivity contribution in [1.29, 1.82) is 0 Å². The number of rotatable bonds is 8. The van der Waals surface area contributed by atoms with Gasteiger partial charge in [0, 0.05) is 62.7 Å². The third-order valence-electron chi connectivity index (χ3n) is 6.60. The molecular weight excluding hydrogens is 402 g/mol. The standard InChI is InChI=1S/C25H33N5O2/c1-4-29(12-11-20-18-28(2)23-8-6-5-7-22(20)23)17-19-9-13-30(14-10-19)25-26-15-21(16-27-25)24(31)32-3/h5-8,15-16,18-19H,4,9-14,17H2,1-3H3. The molecule has 3 aromatic rings. The highest BCUT2D eigenvalue weighted by molar-refractivity contribution is 5.88. The van der Waals surface area contributed by atoms with Crippen molar-refractivity contribution in [3.63, 3.8) is 0 Å². The molecule has 1 saturated heterocycles. The Labute approximate surface area is 190 Å². The fraction of sp³-hybridized carbons (Fsp3) is 0.480. The van der Waals surface area contributed by atoms with Gasteiger partial charge in [0.25, 0.3) is 0 Å². The number of aryl methyl sites for hydroxylation is 1. The summed E-state index contributed by atoms with van der Waals surface area (Å²) in [7, 11) is 3.49. The number of piperidine rings is 1. The largest absolute Gasteiger partial charge is 0.465 e. The van der Waals surface area contributed by atoms with Crippen LogP contribution in [-0.4, -0.2) is 65.2 Å². The number of ether oxygens (including phenoxy) is 1. The van der Waals surface area contributed by atoms with Crippen LogP contribution in [0.5, 0.6) is 0 Å². The second-order valence-corrected chi connectivity index (χ2v) is 8.62. The minimum Gasteiger partial charge on any atom is -0.465 e. The molecule has 0 aliphatic carbocycles. The molecule has 170 valence electrons. The van der Waals surface area contributed by atoms with E-state index in [1.807, 2.05) is 0 Å². The van der Waals surface area contributed by atoms with E-state index in [1.54, 1.807) is 12.4 Å². The van der Waals surface area contributed by atoms with Gasteiger partial charge in [0.05, 0.1) is 12.7 Å². The van der Waals surface area contributed by atoms with Crippen molar-refractivity contribution < 1.29 is 9.53 Å². The number of benzene rings is 1. The number of carbonyl (C=O) groups excluding carboxylic acids is 1. The van der Waals surface area contributed by atoms with E-state index in [9.17, 15) is 4.79 Å². The van der Waals surface area contributed by atoms with Crippen LogP contribution in [0.4, 0.5) is 5.95 Å². The van der Waals surface area contributed by atoms with Crippen molar-refractivity contribution in [2.75, 3.05) is 44.7 Å². The van der Waals surface area contributed by atoms with Gasteiger partial charge in [0.15, 0.2) is 0 Å². The summed E-state index contributed by atoms with van der Waals surface area (Å²) >= 11 is 0. The Morgan fingerprint density at radius 3 is 2.59 bits per heavy atom. The van der Waals surface area contributed by atoms with Crippen molar-refractivity contribution in [3.05, 3.63) is 54.0 Å². The quantitative estimate of drug-likeness (QED) is 0.505. The zero-order valence-electron chi connectivity index (χ0n) is 19.3. The number of aromatic nitrogens is 3. The number of esters is 1. The highest BCUT2D eigenvalue weighted by Crippen LogP contribution is 2.23. The molecule has 7 heteroatoms. The molecule has 32 heavy (non-hydrogen) atoms. The van der Waals surface area contributed by atoms with E-state index >= 15 is 0 Å². The average Bonchev–Trinajstić information content (AvgIpc) is 3.17. The lowest BCUT2D eigenvalue weighted by molar-refractivity contribution is 0.0600. The van der Waals surface area contributed by atoms with Gasteiger partial charge in [-0.15, -0.1) is 0 Å². The lowest BCUT2D eigenvalue weighted by Gasteiger charge is -2.34. The minimum absolute atomic E-state index is 0.385. The van der Waals surface area contributed by atoms with Gasteiger partial charge in [0.2, 0.25) is 5.95 Å². The lowest BCUT2D eigenvalue weighted by Crippen LogP contribution is -2.40. The number of hydrogen-bond donors (Lipinski definition) is 0. The smallest absolute Gasteiger partial charge is 0.341 e. The molecule has 1 aromatic carbocycles. The van der Waals surface area contributed by atoms with E-state index < -0.39 is 5.97 Å². The molecule has 0 amide bonds. The number of anilines is 1. The van der Waals surface area contributed by atoms with Crippen molar-refractivity contribution in [1.82, 2.24) is 19.4 Å². The molecule has 0 N–H and O–H groups in total. The van der Waals surface area contributed by atoms with Crippen LogP contribution in [0.2, 0.25) is 0 Å². The van der Waals surface area contributed by atoms with Crippen LogP contribution in [-0.2, 0) is 18.2 Å². The molecule has 4 rings (SSSR count). The summed E-state index contributed by atoms with van der Waals surface area (Å²) in [5.74, 6) is 0.978. The summed E-state index contributed by atoms with van der Waals surface area (Å²) in [5.41, 5.74) is 3.12. The van der Waals surface area contributed by atoms with Crippen molar-refractivity contribution in [3.8, 4) is 0 Å². The third-order valence-corrected chi connectivity index (χ3v) is 6.60. The number of carbonyl (C=O) groups is 1. The summed E-state index contributed by atoms with van der Waals surface area (Å²) in [5, 5.41) is 1.37. The van der Waals surface area contributed by atoms with Gasteiger partial charge < -0.3 is 19.1 Å². The van der Waals surface area contributed by atoms with Crippen LogP contribution in [0.3, 0.4) is 0 Å². The van der Waals surface area contributed by atoms with E-state index in [-0.39, 0.29) is 0 Å². The first-order valence-corrected chi connectivity index (χ1v) is 11.5. The SMILES string of the molecule is CCN(CCc1cn(C)c2ccccc12)CC1CCN(c2ncc(C(=O)OC)cn2)CC1. The Hall–Kier alpha value is -2.93. The molecule has 0 bridgehead atoms. The van der Waals surface area contributed by atoms with Crippen molar-refractivity contribution in [2.45, 2.75) is 26.2 Å². The monoisotopic (exact) mass is 435 g/mol. The fourth-order valence-electron chi connectivity index (χ4n) is 4.67. The fourth-order valence-corrected chi connectivity index (χ4v) is 4.67. The molecule has 0 unspecified atom stereocenters. The third kappa shape index (κ3) is 4.93. The summed E-state index contributed by atoms with van der Waals surface area (Å²) in [6.07, 6.45) is 8.72. The van der Waals surface area contributed by atoms with Gasteiger partial charge in [-0.05, 0) is 43.4 Å². The van der Waals surface area contributed by atoms with Crippen LogP contribution in [0.1, 0.15) is 35.7 Å². The van der Waals surface area contributed by atoms with E-state index in [1.165, 1.54) is 23.6 Å². The predicted octanol–water partition coefficient (Wildman–Crippen LogP) is 3.54. The molecule has 1 aliphatic heterocycles. The average molecular weight is 436 g/mol. The molecule has 2 aromatic heterocycles. The Morgan fingerprint density at radius 1 is 1.19 bits per heavy atom. The second-order valence-electron chi connectivity index (χ2n) is 8.62. The normalized spacial score (nSPS) is 14.9. The van der Waals surface area contributed by atoms with E-state index in [0.29, 0.717) is 17.4 Å². The summed E-state index contributed by atoms with van der Waals surface area (Å²) in [4.78, 5) is 25.1. The molecular formula is C25H33N5O2. The zero-order valence-corrected chi connectivity index (χ0v) is 19.3. The van der Waals surface area contributed by atoms with Crippen molar-refractivity contribution in [2.24, 2.45) is 13.0 Å². The van der Waals surface area contributed by atoms with Crippen LogP contribution < -0.4 is 4.90 Å². The number of likely N-dealkylation sites (N-methyl/N-ethyl adjacent to an activating group) is 1. The molecule has 3 heterocycles. The van der Waals surface area contributed by atoms with Gasteiger partial charge in [0.1, 0.15) is 0 Å². The first-order valence-electron chi connectivity index (χ1n) is 11.5. The zero-order chi connectivity index (χ0) is 22.5. The predicted molar refractivity (Wildman–Crippen MR) is 127 cm³/mol. The lowest BCUT2D eigenvalue weighted by atomic mass is 9.96. The van der Waals surface area contributed by atoms with Crippen LogP contribution in [0, 0.1) is 5.92 Å². The maximum absolute atomic E-state index is 11.6. The van der Waals surface area contributed by atoms with Crippen LogP contribution in [0.25, 0.3) is 10.9 Å². The van der Waals surface area contributed by atoms with Gasteiger partial charge in [-0.25, -0.2) is 14.8 Å². The Kier molecular flexibility index (Phi) is 7.05. The highest BCUT2D eigenvalue weighted by Gasteiger charge is 2.23. The molecule has 1 aliphatic rings. The van der Waals surface area contributed by atoms with Gasteiger partial charge in [-0.3, -0.25) is 0 Å². The number of nitrogens with zero attached hydrogens (tertiary/aromatic N) is 5. The summed E-state index contributed by atoms with van der Waals surface area (Å²) < 4.78 is 6.95. The minimum atomic E-state index is -0.404. The molecule has 0 saturated carbocycles. The maximum Gasteiger partial charge on any atom is 0.341 e. The Morgan fingerprint density at radius 2 is 1.91 bits per heavy atom. The highest BCUT2D eigenvalue weighted by atomic mass is 16.5. The molecule has 1 fully saturated rings. The van der Waals surface area contributed by atoms with Crippen LogP contribution in [0.15, 0.2) is 42.9 Å². The van der Waals surface area contributed by atoms with Gasteiger partial charge in [-0.1, -0.05) is 25.1 Å². The maximum atomic E-state index is 11.6. The number of fused-ring (bicyclic) bond motifs is 1. The molecule has 0 radical (unpaired) electrons. The number of methoxy groups -OCH3 is 1. The van der Waals surface area contributed by atoms with Gasteiger partial charge >= 0.3 is 5.97 Å². The van der Waals surface area contributed by atoms with E-state index in [0.717, 1.165) is 52.0 Å². The second kappa shape index (κ2) is 10.1. The Balaban J connectivity index is 1.28. The summed E-state index contributed by atoms with van der Waals surface area (Å²) in [6.45, 7) is 7.45. The number of hydrogen-bond acceptors (Lipinski definition) is 6. The molecule has 0 spiro atoms. The Bertz CT molecular complexity index is 1040. The first kappa shape index (κ1) is 22.3. The first-order chi connectivity index (χ1) is 15.6. The molecule has 0 atom stereocenters. The van der Waals surface area contributed by atoms with E-state index in [4.69, 9.17) is 4.74 Å². The van der Waals surface area contributed by atoms with E-state index in [2.05, 4.69) is 68.8 Å².